The first-order chi connectivity index (χ1) is 10.2. The summed E-state index contributed by atoms with van der Waals surface area (Å²) in [7, 11) is -1.22. The lowest BCUT2D eigenvalue weighted by Crippen LogP contribution is -2.41. The van der Waals surface area contributed by atoms with Crippen molar-refractivity contribution < 1.29 is 23.8 Å². The van der Waals surface area contributed by atoms with Crippen molar-refractivity contribution in [3.63, 3.8) is 0 Å². The molecule has 122 valence electrons. The highest BCUT2D eigenvalue weighted by Gasteiger charge is 2.30. The van der Waals surface area contributed by atoms with E-state index in [0.717, 1.165) is 6.04 Å². The van der Waals surface area contributed by atoms with Crippen LogP contribution >= 0.6 is 0 Å². The van der Waals surface area contributed by atoms with Gasteiger partial charge in [-0.15, -0.1) is 5.92 Å². The highest BCUT2D eigenvalue weighted by Crippen LogP contribution is 2.17. The molecule has 0 bridgehead atoms. The van der Waals surface area contributed by atoms with E-state index >= 15 is 0 Å². The van der Waals surface area contributed by atoms with Crippen LogP contribution in [0.25, 0.3) is 0 Å². The van der Waals surface area contributed by atoms with Crippen molar-refractivity contribution in [2.45, 2.75) is 57.8 Å². The second-order valence-electron chi connectivity index (χ2n) is 6.42. The molecule has 5 nitrogen and oxygen atoms in total. The van der Waals surface area contributed by atoms with Gasteiger partial charge in [-0.25, -0.2) is 0 Å². The zero-order valence-electron chi connectivity index (χ0n) is 13.8. The molecule has 0 aromatic rings. The molecule has 1 heterocycles. The fourth-order valence-electron chi connectivity index (χ4n) is 1.78. The first-order valence-corrected chi connectivity index (χ1v) is 11.0. The zero-order valence-corrected chi connectivity index (χ0v) is 14.8. The lowest BCUT2D eigenvalue weighted by Gasteiger charge is -2.29. The molecule has 1 aliphatic rings. The van der Waals surface area contributed by atoms with Crippen LogP contribution in [0.5, 0.6) is 0 Å². The number of hydrogen-bond donors (Lipinski definition) is 0. The predicted octanol–water partition coefficient (Wildman–Crippen LogP) is 2.15. The Labute approximate surface area is 133 Å². The van der Waals surface area contributed by atoms with Crippen molar-refractivity contribution in [1.82, 2.24) is 0 Å². The van der Waals surface area contributed by atoms with Gasteiger partial charge in [0.2, 0.25) is 0 Å². The minimum atomic E-state index is -1.22. The topological polar surface area (TPSA) is 61.8 Å². The van der Waals surface area contributed by atoms with E-state index in [4.69, 9.17) is 14.2 Å². The molecule has 0 radical (unpaired) electrons. The maximum Gasteiger partial charge on any atom is 0.303 e. The normalized spacial score (nSPS) is 24.1. The zero-order chi connectivity index (χ0) is 16.8. The molecule has 22 heavy (non-hydrogen) atoms. The molecule has 3 atom stereocenters. The molecule has 1 rings (SSSR count). The number of carbonyl (C=O) groups is 2. The van der Waals surface area contributed by atoms with Crippen LogP contribution in [0.2, 0.25) is 25.7 Å². The van der Waals surface area contributed by atoms with Crippen LogP contribution in [-0.4, -0.2) is 44.9 Å². The Morgan fingerprint density at radius 3 is 2.41 bits per heavy atom. The summed E-state index contributed by atoms with van der Waals surface area (Å²) in [5.41, 5.74) is 0. The van der Waals surface area contributed by atoms with Crippen molar-refractivity contribution in [2.75, 3.05) is 6.61 Å². The number of hydrogen-bond acceptors (Lipinski definition) is 5. The van der Waals surface area contributed by atoms with Gasteiger partial charge in [-0.05, 0) is 12.2 Å². The van der Waals surface area contributed by atoms with Crippen LogP contribution in [0.4, 0.5) is 0 Å². The minimum absolute atomic E-state index is 0.0316. The van der Waals surface area contributed by atoms with E-state index in [1.165, 1.54) is 13.8 Å². The lowest BCUT2D eigenvalue weighted by molar-refractivity contribution is -0.161. The van der Waals surface area contributed by atoms with Gasteiger partial charge < -0.3 is 14.2 Å². The number of esters is 2. The van der Waals surface area contributed by atoms with E-state index in [9.17, 15) is 9.59 Å². The Morgan fingerprint density at radius 2 is 1.86 bits per heavy atom. The molecular weight excluding hydrogens is 300 g/mol. The Kier molecular flexibility index (Phi) is 6.85. The monoisotopic (exact) mass is 324 g/mol. The van der Waals surface area contributed by atoms with Crippen molar-refractivity contribution in [3.05, 3.63) is 12.2 Å². The van der Waals surface area contributed by atoms with E-state index in [1.807, 2.05) is 0 Å². The third-order valence-electron chi connectivity index (χ3n) is 2.78. The fraction of sp³-hybridized carbons (Fsp3) is 0.625. The quantitative estimate of drug-likeness (QED) is 0.343. The summed E-state index contributed by atoms with van der Waals surface area (Å²) in [4.78, 5) is 22.1. The van der Waals surface area contributed by atoms with Crippen LogP contribution in [-0.2, 0) is 23.8 Å². The summed E-state index contributed by atoms with van der Waals surface area (Å²) >= 11 is 0. The van der Waals surface area contributed by atoms with Crippen LogP contribution in [0.15, 0.2) is 12.2 Å². The van der Waals surface area contributed by atoms with Gasteiger partial charge in [-0.1, -0.05) is 25.6 Å². The summed E-state index contributed by atoms with van der Waals surface area (Å²) in [6.45, 7) is 9.43. The second kappa shape index (κ2) is 8.16. The van der Waals surface area contributed by atoms with Gasteiger partial charge in [-0.3, -0.25) is 9.59 Å². The van der Waals surface area contributed by atoms with Gasteiger partial charge >= 0.3 is 11.9 Å². The van der Waals surface area contributed by atoms with Gasteiger partial charge in [0.25, 0.3) is 0 Å². The van der Waals surface area contributed by atoms with E-state index < -0.39 is 32.2 Å². The highest BCUT2D eigenvalue weighted by atomic mass is 28.3. The summed E-state index contributed by atoms with van der Waals surface area (Å²) in [6, 6.07) is 0.892. The van der Waals surface area contributed by atoms with Gasteiger partial charge in [0, 0.05) is 19.9 Å². The van der Waals surface area contributed by atoms with Gasteiger partial charge in [0.1, 0.15) is 24.9 Å². The maximum absolute atomic E-state index is 11.1. The summed E-state index contributed by atoms with van der Waals surface area (Å²) in [5, 5.41) is 0. The summed E-state index contributed by atoms with van der Waals surface area (Å²) in [6.07, 6.45) is 2.04. The SMILES string of the molecule is CC(=O)OC[C@H]1O[C@H](C#CC[Si](C)(C)C)C=C[C@@H]1OC(C)=O. The maximum atomic E-state index is 11.1. The van der Waals surface area contributed by atoms with Crippen LogP contribution in [0.1, 0.15) is 13.8 Å². The third kappa shape index (κ3) is 7.43. The molecule has 0 aliphatic carbocycles. The lowest BCUT2D eigenvalue weighted by atomic mass is 10.1. The molecule has 6 heteroatoms. The standard InChI is InChI=1S/C16H24O5Si/c1-12(17)19-11-16-15(20-13(2)18)9-8-14(21-16)7-6-10-22(3,4)5/h8-9,14-16H,10-11H2,1-5H3/t14-,15+,16-/m1/s1. The van der Waals surface area contributed by atoms with Gasteiger partial charge in [0.05, 0.1) is 8.07 Å². The summed E-state index contributed by atoms with van der Waals surface area (Å²) < 4.78 is 15.9. The molecular formula is C16H24O5Si. The molecule has 0 unspecified atom stereocenters. The Hall–Kier alpha value is -1.58. The molecule has 0 spiro atoms. The predicted molar refractivity (Wildman–Crippen MR) is 85.9 cm³/mol. The number of rotatable bonds is 4. The average Bonchev–Trinajstić information content (AvgIpc) is 2.36. The highest BCUT2D eigenvalue weighted by molar-refractivity contribution is 6.76. The van der Waals surface area contributed by atoms with Crippen LogP contribution < -0.4 is 0 Å². The average molecular weight is 324 g/mol. The Bertz CT molecular complexity index is 495. The van der Waals surface area contributed by atoms with Gasteiger partial charge in [0.15, 0.2) is 0 Å². The number of carbonyl (C=O) groups excluding carboxylic acids is 2. The molecule has 0 aromatic carbocycles. The van der Waals surface area contributed by atoms with E-state index in [2.05, 4.69) is 31.5 Å². The van der Waals surface area contributed by atoms with Crippen molar-refractivity contribution in [3.8, 4) is 11.8 Å². The smallest absolute Gasteiger partial charge is 0.303 e. The molecule has 0 amide bonds. The Balaban J connectivity index is 2.72. The van der Waals surface area contributed by atoms with E-state index in [-0.39, 0.29) is 12.7 Å². The molecule has 0 fully saturated rings. The summed E-state index contributed by atoms with van der Waals surface area (Å²) in [5.74, 6) is 5.41. The first-order valence-electron chi connectivity index (χ1n) is 7.30. The fourth-order valence-corrected chi connectivity index (χ4v) is 2.42. The molecule has 0 aromatic heterocycles. The van der Waals surface area contributed by atoms with E-state index in [0.29, 0.717) is 0 Å². The van der Waals surface area contributed by atoms with Crippen LogP contribution in [0.3, 0.4) is 0 Å². The largest absolute Gasteiger partial charge is 0.463 e. The molecule has 1 aliphatic heterocycles. The second-order valence-corrected chi connectivity index (χ2v) is 11.9. The molecule has 0 saturated carbocycles. The van der Waals surface area contributed by atoms with Crippen molar-refractivity contribution in [2.24, 2.45) is 0 Å². The van der Waals surface area contributed by atoms with Crippen LogP contribution in [0, 0.1) is 11.8 Å². The minimum Gasteiger partial charge on any atom is -0.463 e. The first kappa shape index (κ1) is 18.5. The third-order valence-corrected chi connectivity index (χ3v) is 4.02. The van der Waals surface area contributed by atoms with Crippen molar-refractivity contribution >= 4 is 20.0 Å². The molecule has 0 N–H and O–H groups in total. The number of ether oxygens (including phenoxy) is 3. The van der Waals surface area contributed by atoms with Gasteiger partial charge in [-0.2, -0.15) is 0 Å². The van der Waals surface area contributed by atoms with Crippen molar-refractivity contribution in [1.29, 1.82) is 0 Å². The Morgan fingerprint density at radius 1 is 1.18 bits per heavy atom. The molecule has 0 saturated heterocycles. The van der Waals surface area contributed by atoms with E-state index in [1.54, 1.807) is 12.2 Å².